The zero-order valence-corrected chi connectivity index (χ0v) is 19.0. The van der Waals surface area contributed by atoms with Crippen molar-refractivity contribution in [1.82, 2.24) is 14.6 Å². The quantitative estimate of drug-likeness (QED) is 0.345. The van der Waals surface area contributed by atoms with Gasteiger partial charge in [0.2, 0.25) is 4.96 Å². The molecule has 0 radical (unpaired) electrons. The Morgan fingerprint density at radius 1 is 1.06 bits per heavy atom. The monoisotopic (exact) mass is 469 g/mol. The van der Waals surface area contributed by atoms with Crippen LogP contribution in [0.3, 0.4) is 0 Å². The highest BCUT2D eigenvalue weighted by Crippen LogP contribution is 2.23. The Morgan fingerprint density at radius 3 is 2.59 bits per heavy atom. The second-order valence-electron chi connectivity index (χ2n) is 7.32. The number of aromatic nitrogens is 3. The molecule has 0 saturated carbocycles. The molecule has 0 amide bonds. The van der Waals surface area contributed by atoms with E-state index in [0.29, 0.717) is 39.0 Å². The Kier molecular flexibility index (Phi) is 5.88. The number of benzene rings is 2. The minimum Gasteiger partial charge on any atom is -0.462 e. The van der Waals surface area contributed by atoms with E-state index in [4.69, 9.17) is 9.15 Å². The van der Waals surface area contributed by atoms with Gasteiger partial charge < -0.3 is 9.15 Å². The van der Waals surface area contributed by atoms with Crippen LogP contribution in [0.1, 0.15) is 34.4 Å². The predicted molar refractivity (Wildman–Crippen MR) is 131 cm³/mol. The Balaban J connectivity index is 1.37. The van der Waals surface area contributed by atoms with Gasteiger partial charge in [0.25, 0.3) is 5.56 Å². The van der Waals surface area contributed by atoms with Gasteiger partial charge in [-0.2, -0.15) is 9.50 Å². The van der Waals surface area contributed by atoms with E-state index in [1.807, 2.05) is 42.5 Å². The fourth-order valence-corrected chi connectivity index (χ4v) is 4.25. The SMILES string of the molecule is CCOC(=O)c1ccc(-c2ccc(/C=c3\sc4nc(/C=C/c5ccccc5)nn4c3=O)o2)cc1. The van der Waals surface area contributed by atoms with E-state index in [-0.39, 0.29) is 11.5 Å². The van der Waals surface area contributed by atoms with Crippen LogP contribution in [0.25, 0.3) is 34.5 Å². The minimum absolute atomic E-state index is 0.247. The molecule has 34 heavy (non-hydrogen) atoms. The van der Waals surface area contributed by atoms with Gasteiger partial charge in [-0.25, -0.2) is 4.79 Å². The van der Waals surface area contributed by atoms with E-state index < -0.39 is 0 Å². The number of ether oxygens (including phenoxy) is 1. The smallest absolute Gasteiger partial charge is 0.338 e. The topological polar surface area (TPSA) is 86.7 Å². The number of carbonyl (C=O) groups excluding carboxylic acids is 1. The summed E-state index contributed by atoms with van der Waals surface area (Å²) in [6, 6.07) is 20.4. The van der Waals surface area contributed by atoms with Gasteiger partial charge in [-0.05, 0) is 42.8 Å². The maximum Gasteiger partial charge on any atom is 0.338 e. The molecule has 0 fully saturated rings. The Bertz CT molecular complexity index is 1600. The second kappa shape index (κ2) is 9.29. The molecule has 0 unspecified atom stereocenters. The van der Waals surface area contributed by atoms with Gasteiger partial charge >= 0.3 is 5.97 Å². The third-order valence-electron chi connectivity index (χ3n) is 5.00. The number of furan rings is 1. The molecule has 2 aromatic carbocycles. The number of rotatable bonds is 6. The van der Waals surface area contributed by atoms with Crippen LogP contribution in [-0.4, -0.2) is 27.2 Å². The molecule has 5 aromatic rings. The van der Waals surface area contributed by atoms with Crippen LogP contribution in [0.2, 0.25) is 0 Å². The Labute approximate surface area is 198 Å². The molecule has 0 atom stereocenters. The van der Waals surface area contributed by atoms with Crippen molar-refractivity contribution >= 4 is 40.5 Å². The van der Waals surface area contributed by atoms with Crippen molar-refractivity contribution in [2.24, 2.45) is 0 Å². The molecule has 0 aliphatic rings. The largest absolute Gasteiger partial charge is 0.462 e. The molecule has 3 aromatic heterocycles. The van der Waals surface area contributed by atoms with Crippen LogP contribution in [-0.2, 0) is 4.74 Å². The van der Waals surface area contributed by atoms with Crippen molar-refractivity contribution < 1.29 is 13.9 Å². The molecule has 168 valence electrons. The third-order valence-corrected chi connectivity index (χ3v) is 5.96. The van der Waals surface area contributed by atoms with E-state index in [9.17, 15) is 9.59 Å². The first-order chi connectivity index (χ1) is 16.6. The van der Waals surface area contributed by atoms with E-state index in [0.717, 1.165) is 11.1 Å². The van der Waals surface area contributed by atoms with Gasteiger partial charge in [0.15, 0.2) is 5.82 Å². The number of thiazole rings is 1. The summed E-state index contributed by atoms with van der Waals surface area (Å²) in [5.41, 5.74) is 2.07. The van der Waals surface area contributed by atoms with E-state index >= 15 is 0 Å². The average Bonchev–Trinajstić information content (AvgIpc) is 3.56. The summed E-state index contributed by atoms with van der Waals surface area (Å²) >= 11 is 1.25. The molecule has 8 heteroatoms. The van der Waals surface area contributed by atoms with Gasteiger partial charge in [-0.15, -0.1) is 5.10 Å². The van der Waals surface area contributed by atoms with E-state index in [1.54, 1.807) is 49.4 Å². The zero-order valence-electron chi connectivity index (χ0n) is 18.2. The number of carbonyl (C=O) groups is 1. The van der Waals surface area contributed by atoms with Crippen molar-refractivity contribution in [2.75, 3.05) is 6.61 Å². The summed E-state index contributed by atoms with van der Waals surface area (Å²) in [5.74, 6) is 1.28. The predicted octanol–water partition coefficient (Wildman–Crippen LogP) is 4.31. The highest BCUT2D eigenvalue weighted by Gasteiger charge is 2.11. The fourth-order valence-electron chi connectivity index (χ4n) is 3.35. The fraction of sp³-hybridized carbons (Fsp3) is 0.0769. The number of nitrogens with zero attached hydrogens (tertiary/aromatic N) is 3. The highest BCUT2D eigenvalue weighted by atomic mass is 32.1. The van der Waals surface area contributed by atoms with Crippen LogP contribution >= 0.6 is 11.3 Å². The third kappa shape index (κ3) is 4.44. The van der Waals surface area contributed by atoms with Gasteiger partial charge in [0, 0.05) is 11.6 Å². The van der Waals surface area contributed by atoms with Crippen molar-refractivity contribution in [1.29, 1.82) is 0 Å². The lowest BCUT2D eigenvalue weighted by molar-refractivity contribution is 0.0526. The summed E-state index contributed by atoms with van der Waals surface area (Å²) < 4.78 is 12.7. The lowest BCUT2D eigenvalue weighted by atomic mass is 10.1. The standard InChI is InChI=1S/C26H19N3O4S/c1-2-32-25(31)19-11-9-18(10-12-19)21-14-13-20(33-21)16-22-24(30)29-26(34-22)27-23(28-29)15-8-17-6-4-3-5-7-17/h3-16H,2H2,1H3/b15-8+,22-16-. The normalized spacial score (nSPS) is 12.1. The van der Waals surface area contributed by atoms with Crippen LogP contribution in [0, 0.1) is 0 Å². The van der Waals surface area contributed by atoms with Gasteiger partial charge in [0.05, 0.1) is 12.2 Å². The van der Waals surface area contributed by atoms with Crippen LogP contribution in [0.5, 0.6) is 0 Å². The van der Waals surface area contributed by atoms with Gasteiger partial charge in [-0.1, -0.05) is 59.9 Å². The van der Waals surface area contributed by atoms with Crippen LogP contribution < -0.4 is 10.1 Å². The molecule has 0 N–H and O–H groups in total. The average molecular weight is 470 g/mol. The molecule has 0 aliphatic heterocycles. The first-order valence-electron chi connectivity index (χ1n) is 10.6. The maximum absolute atomic E-state index is 12.8. The summed E-state index contributed by atoms with van der Waals surface area (Å²) in [5, 5.41) is 4.31. The van der Waals surface area contributed by atoms with Gasteiger partial charge in [0.1, 0.15) is 16.1 Å². The molecule has 0 aliphatic carbocycles. The molecule has 3 heterocycles. The summed E-state index contributed by atoms with van der Waals surface area (Å²) in [6.07, 6.45) is 5.36. The minimum atomic E-state index is -0.361. The zero-order chi connectivity index (χ0) is 23.5. The van der Waals surface area contributed by atoms with Crippen LogP contribution in [0.4, 0.5) is 0 Å². The number of fused-ring (bicyclic) bond motifs is 1. The molecule has 0 saturated heterocycles. The maximum atomic E-state index is 12.8. The second-order valence-corrected chi connectivity index (χ2v) is 8.33. The lowest BCUT2D eigenvalue weighted by Gasteiger charge is -2.02. The van der Waals surface area contributed by atoms with E-state index in [2.05, 4.69) is 10.1 Å². The van der Waals surface area contributed by atoms with Crippen molar-refractivity contribution in [3.63, 3.8) is 0 Å². The van der Waals surface area contributed by atoms with Crippen molar-refractivity contribution in [2.45, 2.75) is 6.92 Å². The summed E-state index contributed by atoms with van der Waals surface area (Å²) in [6.45, 7) is 2.10. The molecular weight excluding hydrogens is 450 g/mol. The lowest BCUT2D eigenvalue weighted by Crippen LogP contribution is -2.23. The van der Waals surface area contributed by atoms with Crippen molar-refractivity contribution in [3.8, 4) is 11.3 Å². The molecule has 0 bridgehead atoms. The Morgan fingerprint density at radius 2 is 1.85 bits per heavy atom. The van der Waals surface area contributed by atoms with Gasteiger partial charge in [-0.3, -0.25) is 4.79 Å². The first-order valence-corrected chi connectivity index (χ1v) is 11.4. The number of hydrogen-bond donors (Lipinski definition) is 0. The first kappa shape index (κ1) is 21.5. The molecule has 5 rings (SSSR count). The van der Waals surface area contributed by atoms with Crippen molar-refractivity contribution in [3.05, 3.63) is 104 Å². The van der Waals surface area contributed by atoms with Crippen LogP contribution in [0.15, 0.2) is 75.9 Å². The molecule has 7 nitrogen and oxygen atoms in total. The Hall–Kier alpha value is -4.30. The highest BCUT2D eigenvalue weighted by molar-refractivity contribution is 7.15. The molecular formula is C26H19N3O4S. The summed E-state index contributed by atoms with van der Waals surface area (Å²) in [4.78, 5) is 29.5. The van der Waals surface area contributed by atoms with E-state index in [1.165, 1.54) is 15.9 Å². The number of hydrogen-bond acceptors (Lipinski definition) is 7. The summed E-state index contributed by atoms with van der Waals surface area (Å²) in [7, 11) is 0. The molecule has 0 spiro atoms. The number of esters is 1.